The predicted molar refractivity (Wildman–Crippen MR) is 70.0 cm³/mol. The fourth-order valence-electron chi connectivity index (χ4n) is 2.22. The van der Waals surface area contributed by atoms with Gasteiger partial charge in [-0.1, -0.05) is 30.3 Å². The second-order valence-corrected chi connectivity index (χ2v) is 4.37. The lowest BCUT2D eigenvalue weighted by atomic mass is 10.1. The van der Waals surface area contributed by atoms with E-state index in [1.165, 1.54) is 6.92 Å². The molecule has 0 N–H and O–H groups in total. The van der Waals surface area contributed by atoms with Crippen molar-refractivity contribution in [2.24, 2.45) is 7.05 Å². The Morgan fingerprint density at radius 3 is 2.22 bits per heavy atom. The summed E-state index contributed by atoms with van der Waals surface area (Å²) in [7, 11) is 1.75. The van der Waals surface area contributed by atoms with Crippen LogP contribution in [0.25, 0.3) is 0 Å². The molecule has 3 nitrogen and oxygen atoms in total. The van der Waals surface area contributed by atoms with E-state index < -0.39 is 0 Å². The fraction of sp³-hybridized carbons (Fsp3) is 0.200. The van der Waals surface area contributed by atoms with E-state index in [9.17, 15) is 9.59 Å². The molecule has 1 aromatic heterocycles. The van der Waals surface area contributed by atoms with Crippen molar-refractivity contribution in [3.8, 4) is 0 Å². The van der Waals surface area contributed by atoms with Gasteiger partial charge in [-0.15, -0.1) is 0 Å². The summed E-state index contributed by atoms with van der Waals surface area (Å²) in [6, 6.07) is 10.8. The molecule has 0 atom stereocenters. The van der Waals surface area contributed by atoms with E-state index in [4.69, 9.17) is 0 Å². The largest absolute Gasteiger partial charge is 0.338 e. The lowest BCUT2D eigenvalue weighted by molar-refractivity contribution is 0.100. The van der Waals surface area contributed by atoms with E-state index in [-0.39, 0.29) is 11.6 Å². The first-order chi connectivity index (χ1) is 8.52. The van der Waals surface area contributed by atoms with Gasteiger partial charge in [-0.25, -0.2) is 0 Å². The minimum Gasteiger partial charge on any atom is -0.338 e. The van der Waals surface area contributed by atoms with Gasteiger partial charge in [-0.05, 0) is 18.6 Å². The van der Waals surface area contributed by atoms with Crippen molar-refractivity contribution in [3.63, 3.8) is 0 Å². The van der Waals surface area contributed by atoms with Crippen molar-refractivity contribution in [3.05, 3.63) is 58.9 Å². The lowest BCUT2D eigenvalue weighted by Gasteiger charge is -2.05. The number of carbonyl (C=O) groups excluding carboxylic acids is 2. The Labute approximate surface area is 106 Å². The molecule has 0 bridgehead atoms. The molecule has 0 spiro atoms. The number of nitrogens with zero attached hydrogens (tertiary/aromatic N) is 1. The van der Waals surface area contributed by atoms with Crippen LogP contribution < -0.4 is 0 Å². The zero-order valence-electron chi connectivity index (χ0n) is 10.7. The maximum absolute atomic E-state index is 12.3. The number of aromatic nitrogens is 1. The van der Waals surface area contributed by atoms with Crippen LogP contribution in [0, 0.1) is 6.92 Å². The lowest BCUT2D eigenvalue weighted by Crippen LogP contribution is -2.11. The zero-order chi connectivity index (χ0) is 13.3. The smallest absolute Gasteiger partial charge is 0.209 e. The van der Waals surface area contributed by atoms with E-state index in [0.29, 0.717) is 17.0 Å². The molecule has 92 valence electrons. The molecule has 1 aromatic carbocycles. The molecular weight excluding hydrogens is 226 g/mol. The van der Waals surface area contributed by atoms with Crippen LogP contribution in [-0.2, 0) is 7.05 Å². The number of benzene rings is 1. The summed E-state index contributed by atoms with van der Waals surface area (Å²) < 4.78 is 1.67. The van der Waals surface area contributed by atoms with Crippen molar-refractivity contribution >= 4 is 11.6 Å². The first-order valence-electron chi connectivity index (χ1n) is 5.79. The molecule has 18 heavy (non-hydrogen) atoms. The Morgan fingerprint density at radius 2 is 1.72 bits per heavy atom. The standard InChI is InChI=1S/C15H15NO2/c1-10-9-13(16(3)14(10)11(2)17)15(18)12-7-5-4-6-8-12/h4-9H,1-3H3. The highest BCUT2D eigenvalue weighted by Gasteiger charge is 2.18. The molecule has 2 aromatic rings. The zero-order valence-corrected chi connectivity index (χ0v) is 10.7. The number of hydrogen-bond donors (Lipinski definition) is 0. The first kappa shape index (κ1) is 12.3. The molecule has 3 heteroatoms. The molecule has 0 unspecified atom stereocenters. The minimum absolute atomic E-state index is 0.0258. The summed E-state index contributed by atoms with van der Waals surface area (Å²) >= 11 is 0. The molecule has 0 aliphatic carbocycles. The van der Waals surface area contributed by atoms with Crippen molar-refractivity contribution in [2.75, 3.05) is 0 Å². The molecule has 0 fully saturated rings. The summed E-state index contributed by atoms with van der Waals surface area (Å²) in [4.78, 5) is 23.9. The number of Topliss-reactive ketones (excluding diaryl/α,β-unsaturated/α-hetero) is 1. The summed E-state index contributed by atoms with van der Waals surface area (Å²) in [6.45, 7) is 3.36. The molecule has 0 aliphatic heterocycles. The van der Waals surface area contributed by atoms with E-state index >= 15 is 0 Å². The normalized spacial score (nSPS) is 10.4. The monoisotopic (exact) mass is 241 g/mol. The van der Waals surface area contributed by atoms with Gasteiger partial charge in [0.15, 0.2) is 5.78 Å². The molecule has 2 rings (SSSR count). The third kappa shape index (κ3) is 1.99. The predicted octanol–water partition coefficient (Wildman–Crippen LogP) is 2.77. The van der Waals surface area contributed by atoms with Crippen molar-refractivity contribution in [2.45, 2.75) is 13.8 Å². The third-order valence-electron chi connectivity index (χ3n) is 3.03. The highest BCUT2D eigenvalue weighted by atomic mass is 16.1. The van der Waals surface area contributed by atoms with Gasteiger partial charge in [0.1, 0.15) is 0 Å². The van der Waals surface area contributed by atoms with Crippen molar-refractivity contribution < 1.29 is 9.59 Å². The highest BCUT2D eigenvalue weighted by molar-refractivity contribution is 6.09. The first-order valence-corrected chi connectivity index (χ1v) is 5.79. The Bertz CT molecular complexity index is 609. The van der Waals surface area contributed by atoms with E-state index in [1.54, 1.807) is 29.8 Å². The second kappa shape index (κ2) is 4.61. The fourth-order valence-corrected chi connectivity index (χ4v) is 2.22. The van der Waals surface area contributed by atoms with E-state index in [1.807, 2.05) is 25.1 Å². The van der Waals surface area contributed by atoms with Gasteiger partial charge in [0, 0.05) is 19.5 Å². The van der Waals surface area contributed by atoms with Crippen LogP contribution in [0.2, 0.25) is 0 Å². The highest BCUT2D eigenvalue weighted by Crippen LogP contribution is 2.18. The van der Waals surface area contributed by atoms with Gasteiger partial charge in [0.25, 0.3) is 0 Å². The maximum atomic E-state index is 12.3. The van der Waals surface area contributed by atoms with Crippen LogP contribution >= 0.6 is 0 Å². The number of aryl methyl sites for hydroxylation is 1. The van der Waals surface area contributed by atoms with Gasteiger partial charge >= 0.3 is 0 Å². The van der Waals surface area contributed by atoms with Crippen LogP contribution in [0.4, 0.5) is 0 Å². The third-order valence-corrected chi connectivity index (χ3v) is 3.03. The van der Waals surface area contributed by atoms with Crippen LogP contribution in [0.5, 0.6) is 0 Å². The summed E-state index contributed by atoms with van der Waals surface area (Å²) in [5.41, 5.74) is 2.61. The average molecular weight is 241 g/mol. The molecule has 0 radical (unpaired) electrons. The van der Waals surface area contributed by atoms with Gasteiger partial charge in [-0.3, -0.25) is 9.59 Å². The summed E-state index contributed by atoms with van der Waals surface area (Å²) in [5, 5.41) is 0. The minimum atomic E-state index is -0.0614. The molecule has 0 saturated carbocycles. The van der Waals surface area contributed by atoms with Gasteiger partial charge in [0.05, 0.1) is 11.4 Å². The number of carbonyl (C=O) groups is 2. The van der Waals surface area contributed by atoms with Crippen LogP contribution in [0.1, 0.15) is 39.0 Å². The number of ketones is 2. The molecule has 0 saturated heterocycles. The topological polar surface area (TPSA) is 39.1 Å². The number of hydrogen-bond acceptors (Lipinski definition) is 2. The Hall–Kier alpha value is -2.16. The van der Waals surface area contributed by atoms with Gasteiger partial charge in [0.2, 0.25) is 5.78 Å². The molecule has 0 aliphatic rings. The Morgan fingerprint density at radius 1 is 1.11 bits per heavy atom. The number of rotatable bonds is 3. The van der Waals surface area contributed by atoms with E-state index in [0.717, 1.165) is 5.56 Å². The molecule has 1 heterocycles. The Kier molecular flexibility index (Phi) is 3.15. The molecule has 0 amide bonds. The molecular formula is C15H15NO2. The summed E-state index contributed by atoms with van der Waals surface area (Å²) in [5.74, 6) is -0.0872. The quantitative estimate of drug-likeness (QED) is 0.775. The second-order valence-electron chi connectivity index (χ2n) is 4.37. The average Bonchev–Trinajstić information content (AvgIpc) is 2.65. The van der Waals surface area contributed by atoms with Crippen LogP contribution in [0.15, 0.2) is 36.4 Å². The Balaban J connectivity index is 2.51. The van der Waals surface area contributed by atoms with Gasteiger partial charge < -0.3 is 4.57 Å². The maximum Gasteiger partial charge on any atom is 0.209 e. The van der Waals surface area contributed by atoms with Crippen LogP contribution in [-0.4, -0.2) is 16.1 Å². The van der Waals surface area contributed by atoms with Gasteiger partial charge in [-0.2, -0.15) is 0 Å². The SMILES string of the molecule is CC(=O)c1c(C)cc(C(=O)c2ccccc2)n1C. The van der Waals surface area contributed by atoms with Crippen molar-refractivity contribution in [1.29, 1.82) is 0 Å². The summed E-state index contributed by atoms with van der Waals surface area (Å²) in [6.07, 6.45) is 0. The van der Waals surface area contributed by atoms with E-state index in [2.05, 4.69) is 0 Å². The van der Waals surface area contributed by atoms with Crippen LogP contribution in [0.3, 0.4) is 0 Å². The van der Waals surface area contributed by atoms with Crippen molar-refractivity contribution in [1.82, 2.24) is 4.57 Å².